The van der Waals surface area contributed by atoms with Crippen molar-refractivity contribution in [3.05, 3.63) is 28.7 Å². The van der Waals surface area contributed by atoms with Crippen molar-refractivity contribution < 1.29 is 9.59 Å². The monoisotopic (exact) mass is 340 g/mol. The summed E-state index contributed by atoms with van der Waals surface area (Å²) in [6, 6.07) is 1.64. The predicted octanol–water partition coefficient (Wildman–Crippen LogP) is 0.497. The topological polar surface area (TPSA) is 103 Å². The van der Waals surface area contributed by atoms with Crippen LogP contribution in [0.5, 0.6) is 0 Å². The van der Waals surface area contributed by atoms with Crippen LogP contribution in [0.15, 0.2) is 6.20 Å². The van der Waals surface area contributed by atoms with Gasteiger partial charge in [0.05, 0.1) is 6.20 Å². The summed E-state index contributed by atoms with van der Waals surface area (Å²) in [6.45, 7) is 6.55. The van der Waals surface area contributed by atoms with Crippen LogP contribution in [0.2, 0.25) is 0 Å². The van der Waals surface area contributed by atoms with Crippen LogP contribution >= 0.6 is 0 Å². The number of fused-ring (bicyclic) bond motifs is 1. The summed E-state index contributed by atoms with van der Waals surface area (Å²) in [5, 5.41) is 16.1. The number of piperazine rings is 1. The zero-order valence-corrected chi connectivity index (χ0v) is 14.5. The second-order valence-electron chi connectivity index (χ2n) is 6.22. The molecule has 0 aliphatic carbocycles. The van der Waals surface area contributed by atoms with E-state index in [0.29, 0.717) is 37.1 Å². The fraction of sp³-hybridized carbons (Fsp3) is 0.471. The van der Waals surface area contributed by atoms with Gasteiger partial charge in [0.1, 0.15) is 17.7 Å². The average Bonchev–Trinajstić information content (AvgIpc) is 2.99. The van der Waals surface area contributed by atoms with E-state index >= 15 is 0 Å². The molecule has 2 aromatic heterocycles. The van der Waals surface area contributed by atoms with Crippen molar-refractivity contribution in [3.8, 4) is 6.07 Å². The normalized spacial score (nSPS) is 17.4. The average molecular weight is 340 g/mol. The third kappa shape index (κ3) is 2.93. The molecular formula is C17H20N6O2. The first kappa shape index (κ1) is 16.9. The van der Waals surface area contributed by atoms with Gasteiger partial charge in [0, 0.05) is 30.9 Å². The molecule has 0 radical (unpaired) electrons. The maximum absolute atomic E-state index is 12.5. The van der Waals surface area contributed by atoms with E-state index in [4.69, 9.17) is 5.26 Å². The van der Waals surface area contributed by atoms with Crippen LogP contribution in [0.4, 0.5) is 0 Å². The Bertz CT molecular complexity index is 895. The Labute approximate surface area is 145 Å². The van der Waals surface area contributed by atoms with Gasteiger partial charge >= 0.3 is 0 Å². The molecule has 1 N–H and O–H groups in total. The first-order valence-corrected chi connectivity index (χ1v) is 8.25. The van der Waals surface area contributed by atoms with Crippen molar-refractivity contribution >= 4 is 17.5 Å². The van der Waals surface area contributed by atoms with E-state index in [2.05, 4.69) is 21.5 Å². The molecule has 2 aromatic rings. The molecule has 0 saturated carbocycles. The number of hydrogen-bond acceptors (Lipinski definition) is 5. The molecule has 1 fully saturated rings. The zero-order chi connectivity index (χ0) is 18.1. The molecule has 2 amide bonds. The highest BCUT2D eigenvalue weighted by Gasteiger charge is 2.29. The lowest BCUT2D eigenvalue weighted by Gasteiger charge is -2.33. The second kappa shape index (κ2) is 6.51. The third-order valence-electron chi connectivity index (χ3n) is 4.74. The van der Waals surface area contributed by atoms with Crippen LogP contribution in [0.25, 0.3) is 5.65 Å². The predicted molar refractivity (Wildman–Crippen MR) is 89.7 cm³/mol. The van der Waals surface area contributed by atoms with Crippen molar-refractivity contribution in [1.29, 1.82) is 5.26 Å². The van der Waals surface area contributed by atoms with Crippen LogP contribution < -0.4 is 5.32 Å². The molecule has 130 valence electrons. The minimum Gasteiger partial charge on any atom is -0.353 e. The zero-order valence-electron chi connectivity index (χ0n) is 14.5. The van der Waals surface area contributed by atoms with E-state index in [-0.39, 0.29) is 11.8 Å². The highest BCUT2D eigenvalue weighted by Crippen LogP contribution is 2.19. The maximum atomic E-state index is 12.5. The number of amides is 2. The summed E-state index contributed by atoms with van der Waals surface area (Å²) in [6.07, 6.45) is 2.32. The maximum Gasteiger partial charge on any atom is 0.242 e. The number of nitrogens with zero attached hydrogens (tertiary/aromatic N) is 5. The lowest BCUT2D eigenvalue weighted by atomic mass is 10.0. The summed E-state index contributed by atoms with van der Waals surface area (Å²) in [4.78, 5) is 30.3. The number of nitrogens with one attached hydrogen (secondary N) is 1. The summed E-state index contributed by atoms with van der Waals surface area (Å²) >= 11 is 0. The molecule has 8 nitrogen and oxygen atoms in total. The first-order valence-electron chi connectivity index (χ1n) is 8.25. The van der Waals surface area contributed by atoms with Crippen molar-refractivity contribution in [2.75, 3.05) is 13.1 Å². The molecule has 1 saturated heterocycles. The van der Waals surface area contributed by atoms with Gasteiger partial charge in [-0.3, -0.25) is 9.59 Å². The van der Waals surface area contributed by atoms with E-state index in [0.717, 1.165) is 17.0 Å². The Morgan fingerprint density at radius 2 is 2.24 bits per heavy atom. The van der Waals surface area contributed by atoms with Crippen LogP contribution in [-0.2, 0) is 16.0 Å². The fourth-order valence-electron chi connectivity index (χ4n) is 3.25. The second-order valence-corrected chi connectivity index (χ2v) is 6.22. The largest absolute Gasteiger partial charge is 0.353 e. The Balaban J connectivity index is 1.80. The minimum absolute atomic E-state index is 0.0422. The first-order chi connectivity index (χ1) is 11.9. The number of aromatic nitrogens is 3. The fourth-order valence-corrected chi connectivity index (χ4v) is 3.25. The van der Waals surface area contributed by atoms with Gasteiger partial charge in [0.15, 0.2) is 5.65 Å². The Morgan fingerprint density at radius 1 is 1.48 bits per heavy atom. The van der Waals surface area contributed by atoms with E-state index in [9.17, 15) is 9.59 Å². The molecule has 0 spiro atoms. The molecule has 1 atom stereocenters. The third-order valence-corrected chi connectivity index (χ3v) is 4.74. The number of aryl methyl sites for hydroxylation is 2. The van der Waals surface area contributed by atoms with Crippen molar-refractivity contribution in [2.45, 2.75) is 39.7 Å². The number of carbonyl (C=O) groups is 2. The standard InChI is InChI=1S/C17H20N6O2/c1-10-14(11(2)23-16(21-10)13(8-18)9-20-23)4-5-15(24)22-7-6-19-17(25)12(22)3/h9,12H,4-7H2,1-3H3,(H,19,25). The van der Waals surface area contributed by atoms with E-state index in [1.54, 1.807) is 16.3 Å². The summed E-state index contributed by atoms with van der Waals surface area (Å²) in [5.41, 5.74) is 3.58. The number of hydrogen-bond donors (Lipinski definition) is 1. The Kier molecular flexibility index (Phi) is 4.40. The van der Waals surface area contributed by atoms with Crippen LogP contribution in [-0.4, -0.2) is 50.4 Å². The number of nitriles is 1. The molecular weight excluding hydrogens is 320 g/mol. The molecule has 3 heterocycles. The Hall–Kier alpha value is -2.95. The molecule has 1 unspecified atom stereocenters. The summed E-state index contributed by atoms with van der Waals surface area (Å²) in [5.74, 6) is -0.157. The summed E-state index contributed by atoms with van der Waals surface area (Å²) in [7, 11) is 0. The summed E-state index contributed by atoms with van der Waals surface area (Å²) < 4.78 is 1.64. The van der Waals surface area contributed by atoms with E-state index in [1.165, 1.54) is 6.20 Å². The molecule has 1 aliphatic rings. The Morgan fingerprint density at radius 3 is 2.96 bits per heavy atom. The van der Waals surface area contributed by atoms with Gasteiger partial charge < -0.3 is 10.2 Å². The molecule has 25 heavy (non-hydrogen) atoms. The molecule has 1 aliphatic heterocycles. The van der Waals surface area contributed by atoms with Gasteiger partial charge in [-0.05, 0) is 32.8 Å². The van der Waals surface area contributed by atoms with Gasteiger partial charge in [-0.15, -0.1) is 0 Å². The number of carbonyl (C=O) groups excluding carboxylic acids is 2. The van der Waals surface area contributed by atoms with Crippen LogP contribution in [0.3, 0.4) is 0 Å². The van der Waals surface area contributed by atoms with Crippen LogP contribution in [0, 0.1) is 25.2 Å². The van der Waals surface area contributed by atoms with E-state index in [1.807, 2.05) is 13.8 Å². The molecule has 0 aromatic carbocycles. The van der Waals surface area contributed by atoms with Gasteiger partial charge in [0.25, 0.3) is 0 Å². The highest BCUT2D eigenvalue weighted by molar-refractivity contribution is 5.88. The lowest BCUT2D eigenvalue weighted by molar-refractivity contribution is -0.142. The molecule has 3 rings (SSSR count). The smallest absolute Gasteiger partial charge is 0.242 e. The van der Waals surface area contributed by atoms with Gasteiger partial charge in [-0.2, -0.15) is 10.4 Å². The van der Waals surface area contributed by atoms with Gasteiger partial charge in [-0.25, -0.2) is 9.50 Å². The van der Waals surface area contributed by atoms with Crippen LogP contribution in [0.1, 0.15) is 35.9 Å². The molecule has 8 heteroatoms. The minimum atomic E-state index is -0.437. The number of rotatable bonds is 3. The lowest BCUT2D eigenvalue weighted by Crippen LogP contribution is -2.55. The van der Waals surface area contributed by atoms with Gasteiger partial charge in [-0.1, -0.05) is 0 Å². The molecule has 0 bridgehead atoms. The SMILES string of the molecule is Cc1nc2c(C#N)cnn2c(C)c1CCC(=O)N1CCNC(=O)C1C. The van der Waals surface area contributed by atoms with Crippen molar-refractivity contribution in [2.24, 2.45) is 0 Å². The highest BCUT2D eigenvalue weighted by atomic mass is 16.2. The van der Waals surface area contributed by atoms with Gasteiger partial charge in [0.2, 0.25) is 11.8 Å². The quantitative estimate of drug-likeness (QED) is 0.876. The van der Waals surface area contributed by atoms with Crippen molar-refractivity contribution in [3.63, 3.8) is 0 Å². The van der Waals surface area contributed by atoms with E-state index < -0.39 is 6.04 Å². The van der Waals surface area contributed by atoms with Crippen molar-refractivity contribution in [1.82, 2.24) is 24.8 Å².